The molecule has 0 saturated carbocycles. The highest BCUT2D eigenvalue weighted by atomic mass is 16.5. The molecule has 0 radical (unpaired) electrons. The van der Waals surface area contributed by atoms with Crippen LogP contribution in [0.15, 0.2) is 12.3 Å². The SMILES string of the molecule is [C-]#[N+]c1cc(N)c(NCC2CCO2)cn1. The second kappa shape index (κ2) is 4.15. The monoisotopic (exact) mass is 204 g/mol. The minimum absolute atomic E-state index is 0.282. The molecule has 0 amide bonds. The topological polar surface area (TPSA) is 64.5 Å². The Morgan fingerprint density at radius 3 is 3.07 bits per heavy atom. The van der Waals surface area contributed by atoms with Crippen LogP contribution in [0.3, 0.4) is 0 Å². The summed E-state index contributed by atoms with van der Waals surface area (Å²) in [5, 5.41) is 3.15. The van der Waals surface area contributed by atoms with Crippen LogP contribution in [-0.4, -0.2) is 24.2 Å². The maximum Gasteiger partial charge on any atom is 0.271 e. The van der Waals surface area contributed by atoms with E-state index in [1.165, 1.54) is 0 Å². The number of aromatic nitrogens is 1. The van der Waals surface area contributed by atoms with E-state index in [1.807, 2.05) is 0 Å². The van der Waals surface area contributed by atoms with Gasteiger partial charge in [-0.25, -0.2) is 0 Å². The Balaban J connectivity index is 1.98. The largest absolute Gasteiger partial charge is 0.398 e. The minimum Gasteiger partial charge on any atom is -0.398 e. The van der Waals surface area contributed by atoms with Crippen molar-refractivity contribution in [3.05, 3.63) is 23.7 Å². The van der Waals surface area contributed by atoms with E-state index in [2.05, 4.69) is 15.1 Å². The average molecular weight is 204 g/mol. The number of nitrogens with two attached hydrogens (primary N) is 1. The fourth-order valence-electron chi connectivity index (χ4n) is 1.34. The van der Waals surface area contributed by atoms with Crippen molar-refractivity contribution >= 4 is 17.2 Å². The summed E-state index contributed by atoms with van der Waals surface area (Å²) in [6.45, 7) is 8.37. The minimum atomic E-state index is 0.282. The molecule has 78 valence electrons. The zero-order valence-corrected chi connectivity index (χ0v) is 8.23. The molecular weight excluding hydrogens is 192 g/mol. The van der Waals surface area contributed by atoms with Gasteiger partial charge in [0.15, 0.2) is 0 Å². The van der Waals surface area contributed by atoms with Crippen LogP contribution >= 0.6 is 0 Å². The van der Waals surface area contributed by atoms with Crippen LogP contribution in [0.4, 0.5) is 17.2 Å². The molecule has 1 unspecified atom stereocenters. The maximum atomic E-state index is 6.79. The van der Waals surface area contributed by atoms with E-state index in [4.69, 9.17) is 17.0 Å². The van der Waals surface area contributed by atoms with Crippen LogP contribution in [0.2, 0.25) is 0 Å². The van der Waals surface area contributed by atoms with Gasteiger partial charge >= 0.3 is 0 Å². The van der Waals surface area contributed by atoms with Gasteiger partial charge < -0.3 is 20.6 Å². The Morgan fingerprint density at radius 2 is 2.53 bits per heavy atom. The predicted molar refractivity (Wildman–Crippen MR) is 57.8 cm³/mol. The Labute approximate surface area is 88.1 Å². The highest BCUT2D eigenvalue weighted by molar-refractivity contribution is 5.68. The summed E-state index contributed by atoms with van der Waals surface area (Å²) in [6, 6.07) is 1.57. The summed E-state index contributed by atoms with van der Waals surface area (Å²) in [6.07, 6.45) is 2.95. The highest BCUT2D eigenvalue weighted by Crippen LogP contribution is 2.22. The van der Waals surface area contributed by atoms with Crippen LogP contribution in [0.1, 0.15) is 6.42 Å². The van der Waals surface area contributed by atoms with Crippen molar-refractivity contribution in [1.82, 2.24) is 4.98 Å². The van der Waals surface area contributed by atoms with Gasteiger partial charge in [0.05, 0.1) is 11.8 Å². The molecule has 2 rings (SSSR count). The van der Waals surface area contributed by atoms with E-state index in [0.29, 0.717) is 11.5 Å². The fourth-order valence-corrected chi connectivity index (χ4v) is 1.34. The molecule has 0 bridgehead atoms. The Kier molecular flexibility index (Phi) is 2.70. The van der Waals surface area contributed by atoms with Gasteiger partial charge in [0.2, 0.25) is 0 Å². The van der Waals surface area contributed by atoms with E-state index in [0.717, 1.165) is 25.3 Å². The van der Waals surface area contributed by atoms with Crippen molar-refractivity contribution in [3.8, 4) is 0 Å². The van der Waals surface area contributed by atoms with Gasteiger partial charge in [-0.3, -0.25) is 0 Å². The first-order chi connectivity index (χ1) is 7.29. The van der Waals surface area contributed by atoms with Crippen molar-refractivity contribution in [1.29, 1.82) is 0 Å². The van der Waals surface area contributed by atoms with E-state index in [9.17, 15) is 0 Å². The van der Waals surface area contributed by atoms with Crippen LogP contribution in [0.5, 0.6) is 0 Å². The molecule has 1 saturated heterocycles. The van der Waals surface area contributed by atoms with Crippen LogP contribution in [0, 0.1) is 6.57 Å². The summed E-state index contributed by atoms with van der Waals surface area (Å²) >= 11 is 0. The molecule has 1 aromatic heterocycles. The van der Waals surface area contributed by atoms with Crippen LogP contribution < -0.4 is 11.1 Å². The normalized spacial score (nSPS) is 19.0. The van der Waals surface area contributed by atoms with Gasteiger partial charge in [-0.2, -0.15) is 0 Å². The number of nitrogens with zero attached hydrogens (tertiary/aromatic N) is 2. The lowest BCUT2D eigenvalue weighted by Crippen LogP contribution is -2.33. The van der Waals surface area contributed by atoms with Crippen molar-refractivity contribution in [2.75, 3.05) is 24.2 Å². The quantitative estimate of drug-likeness (QED) is 0.731. The first-order valence-corrected chi connectivity index (χ1v) is 4.78. The summed E-state index contributed by atoms with van der Waals surface area (Å²) in [5.41, 5.74) is 7.07. The maximum absolute atomic E-state index is 6.79. The Hall–Kier alpha value is -1.80. The lowest BCUT2D eigenvalue weighted by molar-refractivity contribution is -0.0410. The van der Waals surface area contributed by atoms with E-state index >= 15 is 0 Å². The lowest BCUT2D eigenvalue weighted by Gasteiger charge is -2.26. The van der Waals surface area contributed by atoms with E-state index in [1.54, 1.807) is 12.3 Å². The zero-order valence-electron chi connectivity index (χ0n) is 8.23. The standard InChI is InChI=1S/C10H12N4O/c1-12-10-4-8(11)9(6-14-10)13-5-7-2-3-15-7/h4,6-7,13H,2-3,5H2,(H2,11,14). The third kappa shape index (κ3) is 2.17. The summed E-state index contributed by atoms with van der Waals surface area (Å²) < 4.78 is 5.26. The highest BCUT2D eigenvalue weighted by Gasteiger charge is 2.17. The number of nitrogens with one attached hydrogen (secondary N) is 1. The number of nitrogen functional groups attached to an aromatic ring is 1. The second-order valence-corrected chi connectivity index (χ2v) is 3.40. The van der Waals surface area contributed by atoms with E-state index in [-0.39, 0.29) is 6.10 Å². The molecule has 5 nitrogen and oxygen atoms in total. The van der Waals surface area contributed by atoms with Gasteiger partial charge in [0, 0.05) is 18.8 Å². The van der Waals surface area contributed by atoms with Gasteiger partial charge in [-0.15, -0.1) is 4.98 Å². The Bertz CT molecular complexity index is 395. The first kappa shape index (κ1) is 9.74. The summed E-state index contributed by atoms with van der Waals surface area (Å²) in [5.74, 6) is 0.318. The first-order valence-electron chi connectivity index (χ1n) is 4.78. The van der Waals surface area contributed by atoms with Crippen molar-refractivity contribution < 1.29 is 4.74 Å². The molecule has 2 heterocycles. The number of pyridine rings is 1. The number of anilines is 2. The molecule has 1 aliphatic rings. The molecule has 1 fully saturated rings. The molecular formula is C10H12N4O. The second-order valence-electron chi connectivity index (χ2n) is 3.40. The summed E-state index contributed by atoms with van der Waals surface area (Å²) in [4.78, 5) is 7.14. The summed E-state index contributed by atoms with van der Waals surface area (Å²) in [7, 11) is 0. The van der Waals surface area contributed by atoms with Crippen LogP contribution in [-0.2, 0) is 4.74 Å². The third-order valence-electron chi connectivity index (χ3n) is 2.35. The molecule has 0 aromatic carbocycles. The number of ether oxygens (including phenoxy) is 1. The molecule has 0 aliphatic carbocycles. The molecule has 1 atom stereocenters. The van der Waals surface area contributed by atoms with Gasteiger partial charge in [0.25, 0.3) is 5.82 Å². The molecule has 0 spiro atoms. The molecule has 3 N–H and O–H groups in total. The Morgan fingerprint density at radius 1 is 1.73 bits per heavy atom. The smallest absolute Gasteiger partial charge is 0.271 e. The van der Waals surface area contributed by atoms with Crippen molar-refractivity contribution in [2.45, 2.75) is 12.5 Å². The third-order valence-corrected chi connectivity index (χ3v) is 2.35. The van der Waals surface area contributed by atoms with Gasteiger partial charge in [-0.1, -0.05) is 6.57 Å². The average Bonchev–Trinajstić information content (AvgIpc) is 2.18. The molecule has 15 heavy (non-hydrogen) atoms. The van der Waals surface area contributed by atoms with Gasteiger partial charge in [-0.05, 0) is 12.5 Å². The van der Waals surface area contributed by atoms with Crippen molar-refractivity contribution in [3.63, 3.8) is 0 Å². The predicted octanol–water partition coefficient (Wildman–Crippen LogP) is 1.42. The molecule has 1 aliphatic heterocycles. The van der Waals surface area contributed by atoms with Crippen LogP contribution in [0.25, 0.3) is 4.85 Å². The number of rotatable bonds is 3. The number of hydrogen-bond donors (Lipinski definition) is 2. The van der Waals surface area contributed by atoms with Gasteiger partial charge in [0.1, 0.15) is 6.20 Å². The molecule has 1 aromatic rings. The van der Waals surface area contributed by atoms with Crippen molar-refractivity contribution in [2.24, 2.45) is 0 Å². The van der Waals surface area contributed by atoms with E-state index < -0.39 is 0 Å². The fraction of sp³-hybridized carbons (Fsp3) is 0.400. The zero-order chi connectivity index (χ0) is 10.7. The molecule has 5 heteroatoms. The lowest BCUT2D eigenvalue weighted by atomic mass is 10.2. The number of hydrogen-bond acceptors (Lipinski definition) is 4.